The lowest BCUT2D eigenvalue weighted by Crippen LogP contribution is -2.34. The maximum atomic E-state index is 11.9. The highest BCUT2D eigenvalue weighted by Crippen LogP contribution is 2.45. The predicted molar refractivity (Wildman–Crippen MR) is 56.7 cm³/mol. The molecule has 0 aromatic carbocycles. The van der Waals surface area contributed by atoms with Crippen LogP contribution in [0.2, 0.25) is 0 Å². The number of fused-ring (bicyclic) bond motifs is 4. The molecule has 1 fully saturated rings. The van der Waals surface area contributed by atoms with E-state index in [9.17, 15) is 10.0 Å². The van der Waals surface area contributed by atoms with Crippen LogP contribution in [-0.2, 0) is 0 Å². The van der Waals surface area contributed by atoms with E-state index in [0.717, 1.165) is 9.94 Å². The Morgan fingerprint density at radius 3 is 3.22 bits per heavy atom. The topological polar surface area (TPSA) is 95.6 Å². The van der Waals surface area contributed by atoms with Gasteiger partial charge in [-0.25, -0.2) is 9.78 Å². The van der Waals surface area contributed by atoms with Crippen LogP contribution in [0.1, 0.15) is 28.5 Å². The average molecular weight is 265 g/mol. The Kier molecular flexibility index (Phi) is 1.81. The number of rotatable bonds is 1. The smallest absolute Gasteiger partial charge is 0.345 e. The molecule has 2 aromatic rings. The molecule has 4 rings (SSSR count). The van der Waals surface area contributed by atoms with E-state index in [2.05, 4.69) is 15.2 Å². The third-order valence-electron chi connectivity index (χ3n) is 3.21. The summed E-state index contributed by atoms with van der Waals surface area (Å²) in [5, 5.41) is 18.0. The lowest BCUT2D eigenvalue weighted by atomic mass is 10.0. The minimum atomic E-state index is -0.505. The lowest BCUT2D eigenvalue weighted by molar-refractivity contribution is -0.0578. The molecule has 1 N–H and O–H groups in total. The van der Waals surface area contributed by atoms with E-state index in [4.69, 9.17) is 4.42 Å². The van der Waals surface area contributed by atoms with Gasteiger partial charge in [0.05, 0.1) is 22.6 Å². The van der Waals surface area contributed by atoms with Crippen LogP contribution < -0.4 is 0 Å². The summed E-state index contributed by atoms with van der Waals surface area (Å²) >= 11 is 1.41. The van der Waals surface area contributed by atoms with Gasteiger partial charge >= 0.3 is 6.03 Å². The maximum Gasteiger partial charge on any atom is 0.345 e. The van der Waals surface area contributed by atoms with Gasteiger partial charge in [0.25, 0.3) is 0 Å². The summed E-state index contributed by atoms with van der Waals surface area (Å²) in [5.41, 5.74) is 2.39. The van der Waals surface area contributed by atoms with Gasteiger partial charge in [-0.2, -0.15) is 5.06 Å². The highest BCUT2D eigenvalue weighted by molar-refractivity contribution is 7.09. The van der Waals surface area contributed by atoms with Crippen LogP contribution in [0.3, 0.4) is 0 Å². The standard InChI is InChI=1S/C9H7N5O3S/c15-9-13-1-4(14(9)16)7-5(10-3-18-7)6(13)8-12-11-2-17-8/h2-4,6,16H,1H2/t4-,6?/m0/s1. The first-order valence-electron chi connectivity index (χ1n) is 5.25. The van der Waals surface area contributed by atoms with Crippen LogP contribution in [-0.4, -0.2) is 42.9 Å². The summed E-state index contributed by atoms with van der Waals surface area (Å²) in [4.78, 5) is 18.6. The number of carbonyl (C=O) groups excluding carboxylic acids is 1. The van der Waals surface area contributed by atoms with E-state index in [-0.39, 0.29) is 6.04 Å². The summed E-state index contributed by atoms with van der Waals surface area (Å²) < 4.78 is 5.18. The van der Waals surface area contributed by atoms with Crippen LogP contribution in [0.4, 0.5) is 4.79 Å². The van der Waals surface area contributed by atoms with Gasteiger partial charge in [-0.3, -0.25) is 5.21 Å². The molecule has 0 aliphatic carbocycles. The van der Waals surface area contributed by atoms with Crippen molar-refractivity contribution in [2.24, 2.45) is 0 Å². The van der Waals surface area contributed by atoms with Crippen molar-refractivity contribution in [1.82, 2.24) is 25.1 Å². The van der Waals surface area contributed by atoms with Crippen LogP contribution in [0.15, 0.2) is 16.3 Å². The summed E-state index contributed by atoms with van der Waals surface area (Å²) in [6.45, 7) is 0.400. The Hall–Kier alpha value is -2.00. The molecule has 2 amide bonds. The fourth-order valence-electron chi connectivity index (χ4n) is 2.43. The van der Waals surface area contributed by atoms with E-state index in [0.29, 0.717) is 18.1 Å². The summed E-state index contributed by atoms with van der Waals surface area (Å²) in [5.74, 6) is 0.309. The molecule has 18 heavy (non-hydrogen) atoms. The molecule has 0 radical (unpaired) electrons. The van der Waals surface area contributed by atoms with Crippen LogP contribution >= 0.6 is 11.3 Å². The molecule has 8 nitrogen and oxygen atoms in total. The quantitative estimate of drug-likeness (QED) is 0.766. The molecule has 2 bridgehead atoms. The van der Waals surface area contributed by atoms with Crippen LogP contribution in [0.25, 0.3) is 0 Å². The molecule has 9 heteroatoms. The van der Waals surface area contributed by atoms with Crippen molar-refractivity contribution in [3.05, 3.63) is 28.4 Å². The molecule has 0 spiro atoms. The molecule has 1 saturated heterocycles. The minimum absolute atomic E-state index is 0.309. The van der Waals surface area contributed by atoms with Gasteiger partial charge in [0, 0.05) is 0 Å². The van der Waals surface area contributed by atoms with Crippen molar-refractivity contribution in [2.45, 2.75) is 12.1 Å². The molecule has 2 aliphatic heterocycles. The minimum Gasteiger partial charge on any atom is -0.425 e. The van der Waals surface area contributed by atoms with Gasteiger partial charge < -0.3 is 9.32 Å². The zero-order valence-electron chi connectivity index (χ0n) is 8.92. The van der Waals surface area contributed by atoms with Crippen LogP contribution in [0, 0.1) is 0 Å². The van der Waals surface area contributed by atoms with E-state index in [1.54, 1.807) is 5.51 Å². The number of nitrogens with zero attached hydrogens (tertiary/aromatic N) is 5. The van der Waals surface area contributed by atoms with Gasteiger partial charge in [-0.15, -0.1) is 21.5 Å². The maximum absolute atomic E-state index is 11.9. The number of carbonyl (C=O) groups is 1. The number of thiazole rings is 1. The number of hydrogen-bond acceptors (Lipinski definition) is 7. The summed E-state index contributed by atoms with van der Waals surface area (Å²) in [6.07, 6.45) is 1.21. The molecule has 4 heterocycles. The third kappa shape index (κ3) is 1.07. The SMILES string of the molecule is O=C1N2C[C@@H](c3scnc3C2c2nnco2)N1O. The van der Waals surface area contributed by atoms with E-state index < -0.39 is 12.1 Å². The monoisotopic (exact) mass is 265 g/mol. The second-order valence-electron chi connectivity index (χ2n) is 4.08. The number of urea groups is 1. The number of amides is 2. The fraction of sp³-hybridized carbons (Fsp3) is 0.333. The van der Waals surface area contributed by atoms with Crippen molar-refractivity contribution in [2.75, 3.05) is 6.54 Å². The fourth-order valence-corrected chi connectivity index (χ4v) is 3.33. The van der Waals surface area contributed by atoms with Crippen molar-refractivity contribution < 1.29 is 14.4 Å². The van der Waals surface area contributed by atoms with Crippen molar-refractivity contribution in [1.29, 1.82) is 0 Å². The average Bonchev–Trinajstić information content (AvgIpc) is 3.08. The number of aromatic nitrogens is 3. The Morgan fingerprint density at radius 2 is 2.44 bits per heavy atom. The van der Waals surface area contributed by atoms with Gasteiger partial charge in [-0.05, 0) is 0 Å². The highest BCUT2D eigenvalue weighted by atomic mass is 32.1. The van der Waals surface area contributed by atoms with Crippen LogP contribution in [0.5, 0.6) is 0 Å². The normalized spacial score (nSPS) is 25.7. The van der Waals surface area contributed by atoms with E-state index in [1.807, 2.05) is 0 Å². The second kappa shape index (κ2) is 3.27. The summed E-state index contributed by atoms with van der Waals surface area (Å²) in [6, 6.07) is -1.32. The van der Waals surface area contributed by atoms with Gasteiger partial charge in [-0.1, -0.05) is 0 Å². The molecule has 2 aromatic heterocycles. The Morgan fingerprint density at radius 1 is 1.56 bits per heavy atom. The highest BCUT2D eigenvalue weighted by Gasteiger charge is 2.51. The molecular weight excluding hydrogens is 258 g/mol. The largest absolute Gasteiger partial charge is 0.425 e. The van der Waals surface area contributed by atoms with E-state index in [1.165, 1.54) is 22.6 Å². The molecule has 0 saturated carbocycles. The Balaban J connectivity index is 1.92. The molecule has 1 unspecified atom stereocenters. The number of hydrogen-bond donors (Lipinski definition) is 1. The summed E-state index contributed by atoms with van der Waals surface area (Å²) in [7, 11) is 0. The second-order valence-corrected chi connectivity index (χ2v) is 4.96. The zero-order valence-corrected chi connectivity index (χ0v) is 9.74. The number of hydroxylamine groups is 2. The van der Waals surface area contributed by atoms with E-state index >= 15 is 0 Å². The molecule has 2 aliphatic rings. The molecule has 2 atom stereocenters. The predicted octanol–water partition coefficient (Wildman–Crippen LogP) is 0.797. The lowest BCUT2D eigenvalue weighted by Gasteiger charge is -2.26. The Bertz CT molecular complexity index is 612. The van der Waals surface area contributed by atoms with Crippen molar-refractivity contribution >= 4 is 17.4 Å². The zero-order chi connectivity index (χ0) is 12.3. The van der Waals surface area contributed by atoms with Crippen molar-refractivity contribution in [3.63, 3.8) is 0 Å². The third-order valence-corrected chi connectivity index (χ3v) is 4.16. The first-order chi connectivity index (χ1) is 8.77. The molecular formula is C9H7N5O3S. The van der Waals surface area contributed by atoms with Gasteiger partial charge in [0.2, 0.25) is 12.3 Å². The first kappa shape index (κ1) is 9.97. The first-order valence-corrected chi connectivity index (χ1v) is 6.13. The van der Waals surface area contributed by atoms with Gasteiger partial charge in [0.1, 0.15) is 6.04 Å². The van der Waals surface area contributed by atoms with Crippen molar-refractivity contribution in [3.8, 4) is 0 Å². The Labute approximate surface area is 104 Å². The van der Waals surface area contributed by atoms with Gasteiger partial charge in [0.15, 0.2) is 6.04 Å². The molecule has 92 valence electrons.